The van der Waals surface area contributed by atoms with Crippen molar-refractivity contribution in [3.63, 3.8) is 0 Å². The Bertz CT molecular complexity index is 367. The fraction of sp³-hybridized carbons (Fsp3) is 0.600. The Labute approximate surface area is 109 Å². The van der Waals surface area contributed by atoms with Crippen LogP contribution >= 0.6 is 0 Å². The summed E-state index contributed by atoms with van der Waals surface area (Å²) < 4.78 is 0. The van der Waals surface area contributed by atoms with Gasteiger partial charge in [0.15, 0.2) is 0 Å². The Kier molecular flexibility index (Phi) is 4.88. The Morgan fingerprint density at radius 1 is 1.39 bits per heavy atom. The lowest BCUT2D eigenvalue weighted by atomic mass is 9.88. The summed E-state index contributed by atoms with van der Waals surface area (Å²) in [7, 11) is 2.17. The first-order chi connectivity index (χ1) is 8.74. The summed E-state index contributed by atoms with van der Waals surface area (Å²) in [4.78, 5) is 17.7. The van der Waals surface area contributed by atoms with Gasteiger partial charge in [-0.3, -0.25) is 9.78 Å². The smallest absolute Gasteiger partial charge is 0.132 e. The van der Waals surface area contributed by atoms with Crippen molar-refractivity contribution in [2.45, 2.75) is 32.1 Å². The minimum atomic E-state index is 0.448. The molecular weight excluding hydrogens is 224 g/mol. The molecule has 0 unspecified atom stereocenters. The molecule has 0 amide bonds. The van der Waals surface area contributed by atoms with Gasteiger partial charge in [0.1, 0.15) is 5.78 Å². The molecule has 2 rings (SSSR count). The third-order valence-electron chi connectivity index (χ3n) is 3.74. The Morgan fingerprint density at radius 2 is 2.17 bits per heavy atom. The Morgan fingerprint density at radius 3 is 2.83 bits per heavy atom. The molecule has 0 bridgehead atoms. The van der Waals surface area contributed by atoms with Gasteiger partial charge < -0.3 is 4.90 Å². The summed E-state index contributed by atoms with van der Waals surface area (Å²) in [5.41, 5.74) is 1.29. The molecule has 18 heavy (non-hydrogen) atoms. The van der Waals surface area contributed by atoms with E-state index in [1.807, 2.05) is 18.5 Å². The molecule has 0 radical (unpaired) electrons. The lowest BCUT2D eigenvalue weighted by Gasteiger charge is -2.26. The van der Waals surface area contributed by atoms with Crippen LogP contribution in [-0.4, -0.2) is 35.8 Å². The number of aromatic nitrogens is 1. The first kappa shape index (κ1) is 13.2. The average Bonchev–Trinajstić information content (AvgIpc) is 2.40. The van der Waals surface area contributed by atoms with Crippen LogP contribution in [0.3, 0.4) is 0 Å². The maximum absolute atomic E-state index is 11.2. The number of rotatable bonds is 5. The average molecular weight is 246 g/mol. The van der Waals surface area contributed by atoms with Gasteiger partial charge in [-0.1, -0.05) is 6.07 Å². The summed E-state index contributed by atoms with van der Waals surface area (Å²) in [6.07, 6.45) is 8.55. The van der Waals surface area contributed by atoms with E-state index < -0.39 is 0 Å². The summed E-state index contributed by atoms with van der Waals surface area (Å²) in [6, 6.07) is 4.11. The minimum absolute atomic E-state index is 0.448. The predicted molar refractivity (Wildman–Crippen MR) is 72.4 cm³/mol. The highest BCUT2D eigenvalue weighted by Gasteiger charge is 2.19. The summed E-state index contributed by atoms with van der Waals surface area (Å²) >= 11 is 0. The number of nitrogens with zero attached hydrogens (tertiary/aromatic N) is 2. The molecule has 0 aliphatic heterocycles. The van der Waals surface area contributed by atoms with Crippen molar-refractivity contribution in [3.05, 3.63) is 30.1 Å². The summed E-state index contributed by atoms with van der Waals surface area (Å²) in [5, 5.41) is 0. The fourth-order valence-corrected chi connectivity index (χ4v) is 2.58. The minimum Gasteiger partial charge on any atom is -0.306 e. The van der Waals surface area contributed by atoms with E-state index in [0.717, 1.165) is 45.2 Å². The molecule has 0 aromatic carbocycles. The molecule has 1 fully saturated rings. The van der Waals surface area contributed by atoms with Gasteiger partial charge in [0.2, 0.25) is 0 Å². The normalized spacial score (nSPS) is 17.3. The number of pyridine rings is 1. The second-order valence-corrected chi connectivity index (χ2v) is 5.36. The van der Waals surface area contributed by atoms with Gasteiger partial charge in [-0.25, -0.2) is 0 Å². The highest BCUT2D eigenvalue weighted by molar-refractivity contribution is 5.79. The zero-order chi connectivity index (χ0) is 12.8. The number of hydrogen-bond acceptors (Lipinski definition) is 3. The Hall–Kier alpha value is -1.22. The Balaban J connectivity index is 1.69. The first-order valence-corrected chi connectivity index (χ1v) is 6.83. The van der Waals surface area contributed by atoms with Crippen LogP contribution in [0.5, 0.6) is 0 Å². The van der Waals surface area contributed by atoms with Crippen LogP contribution in [0, 0.1) is 5.92 Å². The lowest BCUT2D eigenvalue weighted by molar-refractivity contribution is -0.121. The van der Waals surface area contributed by atoms with Crippen molar-refractivity contribution in [2.75, 3.05) is 20.1 Å². The van der Waals surface area contributed by atoms with Crippen LogP contribution in [0.25, 0.3) is 0 Å². The number of likely N-dealkylation sites (N-methyl/N-ethyl adjacent to an activating group) is 1. The van der Waals surface area contributed by atoms with Gasteiger partial charge in [-0.15, -0.1) is 0 Å². The third-order valence-corrected chi connectivity index (χ3v) is 3.74. The first-order valence-electron chi connectivity index (χ1n) is 6.83. The largest absolute Gasteiger partial charge is 0.306 e. The van der Waals surface area contributed by atoms with E-state index >= 15 is 0 Å². The maximum Gasteiger partial charge on any atom is 0.132 e. The molecule has 1 aromatic heterocycles. The number of hydrogen-bond donors (Lipinski definition) is 0. The monoisotopic (exact) mass is 246 g/mol. The lowest BCUT2D eigenvalue weighted by Crippen LogP contribution is -2.30. The van der Waals surface area contributed by atoms with E-state index in [-0.39, 0.29) is 0 Å². The number of carbonyl (C=O) groups excluding carboxylic acids is 1. The van der Waals surface area contributed by atoms with Crippen LogP contribution in [0.1, 0.15) is 31.2 Å². The van der Waals surface area contributed by atoms with Crippen LogP contribution in [0.2, 0.25) is 0 Å². The quantitative estimate of drug-likeness (QED) is 0.799. The zero-order valence-electron chi connectivity index (χ0n) is 11.1. The van der Waals surface area contributed by atoms with Gasteiger partial charge in [-0.05, 0) is 43.9 Å². The fourth-order valence-electron chi connectivity index (χ4n) is 2.58. The van der Waals surface area contributed by atoms with Gasteiger partial charge >= 0.3 is 0 Å². The van der Waals surface area contributed by atoms with Gasteiger partial charge in [-0.2, -0.15) is 0 Å². The number of Topliss-reactive ketones (excluding diaryl/α,β-unsaturated/α-hetero) is 1. The molecule has 1 aromatic rings. The van der Waals surface area contributed by atoms with E-state index in [9.17, 15) is 4.79 Å². The topological polar surface area (TPSA) is 33.2 Å². The molecule has 0 spiro atoms. The van der Waals surface area contributed by atoms with Gasteiger partial charge in [0.25, 0.3) is 0 Å². The second-order valence-electron chi connectivity index (χ2n) is 5.36. The molecule has 3 nitrogen and oxygen atoms in total. The van der Waals surface area contributed by atoms with Crippen LogP contribution in [0.4, 0.5) is 0 Å². The summed E-state index contributed by atoms with van der Waals surface area (Å²) in [5.74, 6) is 1.16. The van der Waals surface area contributed by atoms with Crippen molar-refractivity contribution in [1.29, 1.82) is 0 Å². The maximum atomic E-state index is 11.2. The molecule has 0 atom stereocenters. The highest BCUT2D eigenvalue weighted by atomic mass is 16.1. The van der Waals surface area contributed by atoms with Gasteiger partial charge in [0, 0.05) is 38.3 Å². The van der Waals surface area contributed by atoms with E-state index in [1.165, 1.54) is 5.56 Å². The third kappa shape index (κ3) is 4.22. The van der Waals surface area contributed by atoms with Crippen molar-refractivity contribution in [1.82, 2.24) is 9.88 Å². The molecule has 3 heteroatoms. The number of ketones is 1. The standard InChI is InChI=1S/C15H22N2O/c1-17(10-8-13-3-2-9-16-11-13)12-14-4-6-15(18)7-5-14/h2-3,9,11,14H,4-8,10,12H2,1H3. The van der Waals surface area contributed by atoms with Crippen molar-refractivity contribution < 1.29 is 4.79 Å². The molecule has 0 saturated heterocycles. The molecule has 0 N–H and O–H groups in total. The van der Waals surface area contributed by atoms with E-state index in [0.29, 0.717) is 11.7 Å². The van der Waals surface area contributed by atoms with Crippen LogP contribution in [-0.2, 0) is 11.2 Å². The number of carbonyl (C=O) groups is 1. The molecule has 1 heterocycles. The van der Waals surface area contributed by atoms with E-state index in [1.54, 1.807) is 0 Å². The van der Waals surface area contributed by atoms with Crippen molar-refractivity contribution in [3.8, 4) is 0 Å². The SMILES string of the molecule is CN(CCc1cccnc1)CC1CCC(=O)CC1. The highest BCUT2D eigenvalue weighted by Crippen LogP contribution is 2.22. The van der Waals surface area contributed by atoms with Gasteiger partial charge in [0.05, 0.1) is 0 Å². The van der Waals surface area contributed by atoms with Crippen LogP contribution in [0.15, 0.2) is 24.5 Å². The second kappa shape index (κ2) is 6.64. The molecule has 1 saturated carbocycles. The molecule has 98 valence electrons. The summed E-state index contributed by atoms with van der Waals surface area (Å²) in [6.45, 7) is 2.18. The van der Waals surface area contributed by atoms with Crippen molar-refractivity contribution in [2.24, 2.45) is 5.92 Å². The van der Waals surface area contributed by atoms with Crippen LogP contribution < -0.4 is 0 Å². The molecule has 1 aliphatic carbocycles. The van der Waals surface area contributed by atoms with E-state index in [4.69, 9.17) is 0 Å². The molecule has 1 aliphatic rings. The van der Waals surface area contributed by atoms with Crippen molar-refractivity contribution >= 4 is 5.78 Å². The van der Waals surface area contributed by atoms with E-state index in [2.05, 4.69) is 23.0 Å². The predicted octanol–water partition coefficient (Wildman–Crippen LogP) is 2.32. The zero-order valence-corrected chi connectivity index (χ0v) is 11.1. The molecular formula is C15H22N2O.